The smallest absolute Gasteiger partial charge is 0.264 e. The largest absolute Gasteiger partial charge is 0.439 e. The number of hydrogen-bond acceptors (Lipinski definition) is 8. The van der Waals surface area contributed by atoms with Gasteiger partial charge in [0.2, 0.25) is 10.0 Å². The molecule has 4 bridgehead atoms. The zero-order valence-electron chi connectivity index (χ0n) is 25.0. The molecule has 3 aliphatic rings. The SMILES string of the molecule is Cc1cccc(C)c1C1CC2NC(N1)NS(=O)(=O)C1CCCC(C1)CN(Cc1coc(Br)n1)[C@H](CC(C)(C)C)CO2. The predicted octanol–water partition coefficient (Wildman–Crippen LogP) is 5.10. The number of nitrogens with one attached hydrogen (secondary N) is 3. The molecule has 9 nitrogen and oxygen atoms in total. The Balaban J connectivity index is 1.49. The maximum Gasteiger partial charge on any atom is 0.264 e. The van der Waals surface area contributed by atoms with Gasteiger partial charge in [-0.3, -0.25) is 15.5 Å². The lowest BCUT2D eigenvalue weighted by atomic mass is 9.85. The van der Waals surface area contributed by atoms with E-state index in [4.69, 9.17) is 9.15 Å². The summed E-state index contributed by atoms with van der Waals surface area (Å²) in [6.45, 7) is 13.0. The van der Waals surface area contributed by atoms with Crippen LogP contribution in [-0.4, -0.2) is 55.3 Å². The topological polar surface area (TPSA) is 109 Å². The van der Waals surface area contributed by atoms with Gasteiger partial charge < -0.3 is 9.15 Å². The Bertz CT molecular complexity index is 1280. The first-order valence-electron chi connectivity index (χ1n) is 14.9. The van der Waals surface area contributed by atoms with Crippen molar-refractivity contribution in [1.29, 1.82) is 0 Å². The van der Waals surface area contributed by atoms with Crippen molar-refractivity contribution in [3.05, 3.63) is 51.6 Å². The molecule has 2 aliphatic heterocycles. The highest BCUT2D eigenvalue weighted by Gasteiger charge is 2.39. The van der Waals surface area contributed by atoms with Gasteiger partial charge in [-0.05, 0) is 67.6 Å². The highest BCUT2D eigenvalue weighted by molar-refractivity contribution is 9.10. The lowest BCUT2D eigenvalue weighted by Crippen LogP contribution is -2.64. The number of fused-ring (bicyclic) bond motifs is 4. The average Bonchev–Trinajstić information content (AvgIpc) is 3.29. The fraction of sp³-hybridized carbons (Fsp3) is 0.700. The van der Waals surface area contributed by atoms with Crippen LogP contribution in [0.2, 0.25) is 0 Å². The summed E-state index contributed by atoms with van der Waals surface area (Å²) >= 11 is 3.35. The molecule has 3 heterocycles. The molecule has 6 atom stereocenters. The van der Waals surface area contributed by atoms with E-state index in [1.165, 1.54) is 16.7 Å². The summed E-state index contributed by atoms with van der Waals surface area (Å²) in [5.74, 6) is 0.270. The van der Waals surface area contributed by atoms with Gasteiger partial charge in [0, 0.05) is 47.5 Å². The van der Waals surface area contributed by atoms with Gasteiger partial charge in [0.05, 0.1) is 17.6 Å². The second-order valence-electron chi connectivity index (χ2n) is 13.4. The number of hydrogen-bond donors (Lipinski definition) is 3. The lowest BCUT2D eigenvalue weighted by molar-refractivity contribution is -0.0517. The summed E-state index contributed by atoms with van der Waals surface area (Å²) in [7, 11) is -3.57. The Hall–Kier alpha value is -1.34. The van der Waals surface area contributed by atoms with Crippen LogP contribution in [0.1, 0.15) is 87.7 Å². The summed E-state index contributed by atoms with van der Waals surface area (Å²) in [4.78, 5) is 7.47. The van der Waals surface area contributed by atoms with Crippen LogP contribution in [0.25, 0.3) is 0 Å². The van der Waals surface area contributed by atoms with Crippen LogP contribution in [0.15, 0.2) is 33.7 Å². The molecule has 1 saturated carbocycles. The van der Waals surface area contributed by atoms with E-state index < -0.39 is 21.6 Å². The van der Waals surface area contributed by atoms with E-state index in [-0.39, 0.29) is 29.6 Å². The fourth-order valence-corrected chi connectivity index (χ4v) is 8.94. The van der Waals surface area contributed by atoms with E-state index in [1.54, 1.807) is 6.26 Å². The van der Waals surface area contributed by atoms with Gasteiger partial charge in [-0.2, -0.15) is 4.72 Å². The number of ether oxygens (including phenoxy) is 1. The first kappa shape index (κ1) is 31.1. The molecule has 0 spiro atoms. The van der Waals surface area contributed by atoms with Gasteiger partial charge >= 0.3 is 0 Å². The maximum atomic E-state index is 13.7. The number of oxazole rings is 1. The monoisotopic (exact) mass is 651 g/mol. The fourth-order valence-electron chi connectivity index (χ4n) is 6.96. The summed E-state index contributed by atoms with van der Waals surface area (Å²) in [6, 6.07) is 6.38. The van der Waals surface area contributed by atoms with Crippen LogP contribution in [-0.2, 0) is 21.3 Å². The Morgan fingerprint density at radius 1 is 1.12 bits per heavy atom. The minimum absolute atomic E-state index is 0.0518. The molecule has 3 fully saturated rings. The second kappa shape index (κ2) is 12.7. The molecule has 1 aromatic heterocycles. The number of nitrogens with zero attached hydrogens (tertiary/aromatic N) is 2. The molecule has 2 aromatic rings. The third-order valence-electron chi connectivity index (χ3n) is 8.75. The molecule has 1 aliphatic carbocycles. The first-order valence-corrected chi connectivity index (χ1v) is 17.2. The molecule has 228 valence electrons. The molecule has 0 radical (unpaired) electrons. The highest BCUT2D eigenvalue weighted by Crippen LogP contribution is 2.34. The van der Waals surface area contributed by atoms with Crippen molar-refractivity contribution in [3.8, 4) is 0 Å². The summed E-state index contributed by atoms with van der Waals surface area (Å²) in [5, 5.41) is 6.57. The minimum atomic E-state index is -3.57. The molecular formula is C30H46BrN5O4S. The van der Waals surface area contributed by atoms with Crippen molar-refractivity contribution in [2.24, 2.45) is 11.3 Å². The molecule has 2 saturated heterocycles. The van der Waals surface area contributed by atoms with Crippen LogP contribution in [0.3, 0.4) is 0 Å². The van der Waals surface area contributed by atoms with Gasteiger partial charge in [0.1, 0.15) is 18.8 Å². The van der Waals surface area contributed by atoms with E-state index in [1.807, 2.05) is 0 Å². The third kappa shape index (κ3) is 7.99. The van der Waals surface area contributed by atoms with Crippen molar-refractivity contribution < 1.29 is 17.6 Å². The van der Waals surface area contributed by atoms with Crippen LogP contribution in [0.4, 0.5) is 0 Å². The molecule has 1 aromatic carbocycles. The van der Waals surface area contributed by atoms with Crippen LogP contribution >= 0.6 is 15.9 Å². The predicted molar refractivity (Wildman–Crippen MR) is 163 cm³/mol. The van der Waals surface area contributed by atoms with Crippen molar-refractivity contribution in [2.45, 2.75) is 110 Å². The van der Waals surface area contributed by atoms with Crippen molar-refractivity contribution in [2.75, 3.05) is 13.2 Å². The Kier molecular flexibility index (Phi) is 9.65. The van der Waals surface area contributed by atoms with E-state index in [0.29, 0.717) is 37.2 Å². The van der Waals surface area contributed by atoms with Gasteiger partial charge in [0.15, 0.2) is 0 Å². The van der Waals surface area contributed by atoms with Gasteiger partial charge in [-0.15, -0.1) is 0 Å². The van der Waals surface area contributed by atoms with Gasteiger partial charge in [-0.1, -0.05) is 45.4 Å². The number of aryl methyl sites for hydroxylation is 2. The lowest BCUT2D eigenvalue weighted by Gasteiger charge is -2.40. The summed E-state index contributed by atoms with van der Waals surface area (Å²) < 4.78 is 42.6. The van der Waals surface area contributed by atoms with Crippen LogP contribution in [0.5, 0.6) is 0 Å². The van der Waals surface area contributed by atoms with Crippen molar-refractivity contribution in [3.63, 3.8) is 0 Å². The Morgan fingerprint density at radius 2 is 1.88 bits per heavy atom. The number of aromatic nitrogens is 1. The van der Waals surface area contributed by atoms with Crippen molar-refractivity contribution in [1.82, 2.24) is 25.2 Å². The number of halogens is 1. The Morgan fingerprint density at radius 3 is 2.56 bits per heavy atom. The van der Waals surface area contributed by atoms with E-state index in [2.05, 4.69) is 94.0 Å². The highest BCUT2D eigenvalue weighted by atomic mass is 79.9. The molecule has 11 heteroatoms. The van der Waals surface area contributed by atoms with Gasteiger partial charge in [0.25, 0.3) is 4.80 Å². The second-order valence-corrected chi connectivity index (χ2v) is 16.1. The normalized spacial score (nSPS) is 31.6. The molecule has 0 amide bonds. The molecule has 3 N–H and O–H groups in total. The third-order valence-corrected chi connectivity index (χ3v) is 11.0. The molecule has 41 heavy (non-hydrogen) atoms. The number of sulfonamides is 1. The summed E-state index contributed by atoms with van der Waals surface area (Å²) in [6.07, 6.45) is 5.64. The molecular weight excluding hydrogens is 606 g/mol. The maximum absolute atomic E-state index is 13.7. The van der Waals surface area contributed by atoms with Crippen molar-refractivity contribution >= 4 is 26.0 Å². The Labute approximate surface area is 253 Å². The van der Waals surface area contributed by atoms with E-state index in [9.17, 15) is 8.42 Å². The molecule has 5 unspecified atom stereocenters. The zero-order valence-corrected chi connectivity index (χ0v) is 27.4. The standard InChI is InChI=1S/C30H46BrN5O4S/c1-19-8-6-9-20(2)27(19)25-13-26-34-29(33-25)35-41(37,38)24-11-7-10-21(12-24)15-36(16-22-17-40-28(31)32-22)23(18-39-26)14-30(3,4)5/h6,8-9,17,21,23-26,29,33-35H,7,10-16,18H2,1-5H3/t21?,23-,24?,25?,26?,29?/m1/s1. The number of benzene rings is 1. The van der Waals surface area contributed by atoms with E-state index in [0.717, 1.165) is 31.5 Å². The quantitative estimate of drug-likeness (QED) is 0.419. The minimum Gasteiger partial charge on any atom is -0.439 e. The number of rotatable bonds is 4. The van der Waals surface area contributed by atoms with Crippen LogP contribution < -0.4 is 15.4 Å². The average molecular weight is 653 g/mol. The zero-order chi connectivity index (χ0) is 29.4. The van der Waals surface area contributed by atoms with Gasteiger partial charge in [-0.25, -0.2) is 13.4 Å². The summed E-state index contributed by atoms with van der Waals surface area (Å²) in [5.41, 5.74) is 4.52. The molecule has 5 rings (SSSR count). The first-order chi connectivity index (χ1) is 19.4. The van der Waals surface area contributed by atoms with Crippen LogP contribution in [0, 0.1) is 25.2 Å². The van der Waals surface area contributed by atoms with E-state index >= 15 is 0 Å².